The molecule has 0 unspecified atom stereocenters. The Kier molecular flexibility index (Phi) is 4.96. The smallest absolute Gasteiger partial charge is 0.160 e. The number of alkyl halides is 1. The van der Waals surface area contributed by atoms with Crippen LogP contribution in [0.15, 0.2) is 107 Å². The lowest BCUT2D eigenvalue weighted by Crippen LogP contribution is -2.06. The monoisotopic (exact) mass is 410 g/mol. The number of rotatable bonds is 5. The van der Waals surface area contributed by atoms with E-state index < -0.39 is 0 Å². The summed E-state index contributed by atoms with van der Waals surface area (Å²) in [5, 5.41) is 6.89. The van der Waals surface area contributed by atoms with Crippen molar-refractivity contribution in [2.45, 2.75) is 5.88 Å². The van der Waals surface area contributed by atoms with Gasteiger partial charge in [0, 0.05) is 27.8 Å². The number of para-hydroxylation sites is 1. The Hall–Kier alpha value is -3.56. The van der Waals surface area contributed by atoms with Crippen LogP contribution in [0.5, 0.6) is 0 Å². The van der Waals surface area contributed by atoms with Gasteiger partial charge in [0.1, 0.15) is 5.58 Å². The van der Waals surface area contributed by atoms with Crippen molar-refractivity contribution in [3.63, 3.8) is 0 Å². The van der Waals surface area contributed by atoms with Crippen molar-refractivity contribution < 1.29 is 4.42 Å². The minimum Gasteiger partial charge on any atom is -0.454 e. The van der Waals surface area contributed by atoms with Gasteiger partial charge in [0.25, 0.3) is 0 Å². The highest BCUT2D eigenvalue weighted by molar-refractivity contribution is 6.18. The molecule has 4 heteroatoms. The van der Waals surface area contributed by atoms with Crippen LogP contribution in [-0.2, 0) is 5.88 Å². The van der Waals surface area contributed by atoms with Gasteiger partial charge < -0.3 is 4.42 Å². The van der Waals surface area contributed by atoms with E-state index in [2.05, 4.69) is 41.8 Å². The number of benzene rings is 4. The number of nitrogens with one attached hydrogen (secondary N) is 1. The molecule has 4 aromatic carbocycles. The van der Waals surface area contributed by atoms with E-state index in [4.69, 9.17) is 21.1 Å². The highest BCUT2D eigenvalue weighted by Gasteiger charge is 2.13. The number of fused-ring (bicyclic) bond motifs is 3. The maximum Gasteiger partial charge on any atom is 0.160 e. The third-order valence-electron chi connectivity index (χ3n) is 5.07. The van der Waals surface area contributed by atoms with Gasteiger partial charge in [0.05, 0.1) is 11.4 Å². The maximum absolute atomic E-state index is 6.18. The van der Waals surface area contributed by atoms with Gasteiger partial charge in [0.15, 0.2) is 5.58 Å². The summed E-state index contributed by atoms with van der Waals surface area (Å²) >= 11 is 6.18. The van der Waals surface area contributed by atoms with Crippen molar-refractivity contribution >= 4 is 44.9 Å². The summed E-state index contributed by atoms with van der Waals surface area (Å²) in [6.45, 7) is 0. The number of halogens is 1. The third-order valence-corrected chi connectivity index (χ3v) is 5.38. The van der Waals surface area contributed by atoms with Crippen LogP contribution in [0.25, 0.3) is 21.9 Å². The van der Waals surface area contributed by atoms with Crippen molar-refractivity contribution in [2.75, 3.05) is 5.43 Å². The van der Waals surface area contributed by atoms with Crippen LogP contribution in [0.2, 0.25) is 0 Å². The van der Waals surface area contributed by atoms with E-state index in [-0.39, 0.29) is 0 Å². The lowest BCUT2D eigenvalue weighted by Gasteiger charge is -2.10. The number of nitrogens with zero attached hydrogens (tertiary/aromatic N) is 1. The number of hydrazone groups is 1. The van der Waals surface area contributed by atoms with E-state index in [1.54, 1.807) is 0 Å². The molecular weight excluding hydrogens is 392 g/mol. The quantitative estimate of drug-likeness (QED) is 0.189. The summed E-state index contributed by atoms with van der Waals surface area (Å²) in [6.07, 6.45) is 0. The van der Waals surface area contributed by atoms with Gasteiger partial charge >= 0.3 is 0 Å². The molecule has 1 aromatic heterocycles. The fraction of sp³-hybridized carbons (Fsp3) is 0.0385. The molecule has 30 heavy (non-hydrogen) atoms. The largest absolute Gasteiger partial charge is 0.454 e. The highest BCUT2D eigenvalue weighted by Crippen LogP contribution is 2.35. The molecule has 1 heterocycles. The first-order valence-corrected chi connectivity index (χ1v) is 10.3. The van der Waals surface area contributed by atoms with E-state index in [1.165, 1.54) is 0 Å². The minimum absolute atomic E-state index is 0.415. The highest BCUT2D eigenvalue weighted by atomic mass is 35.5. The van der Waals surface area contributed by atoms with E-state index in [1.807, 2.05) is 60.7 Å². The first-order chi connectivity index (χ1) is 14.8. The maximum atomic E-state index is 6.18. The van der Waals surface area contributed by atoms with Gasteiger partial charge in [-0.3, -0.25) is 5.43 Å². The number of anilines is 1. The van der Waals surface area contributed by atoms with Crippen molar-refractivity contribution in [1.82, 2.24) is 0 Å². The van der Waals surface area contributed by atoms with Gasteiger partial charge in [0.2, 0.25) is 0 Å². The summed E-state index contributed by atoms with van der Waals surface area (Å²) in [5.41, 5.74) is 9.60. The molecule has 5 aromatic rings. The summed E-state index contributed by atoms with van der Waals surface area (Å²) in [5.74, 6) is 0.415. The van der Waals surface area contributed by atoms with Crippen molar-refractivity contribution in [1.29, 1.82) is 0 Å². The average molecular weight is 411 g/mol. The zero-order chi connectivity index (χ0) is 20.3. The van der Waals surface area contributed by atoms with Crippen LogP contribution < -0.4 is 5.43 Å². The summed E-state index contributed by atoms with van der Waals surface area (Å²) in [6, 6.07) is 32.4. The van der Waals surface area contributed by atoms with Crippen molar-refractivity contribution in [2.24, 2.45) is 5.10 Å². The van der Waals surface area contributed by atoms with Crippen molar-refractivity contribution in [3.05, 3.63) is 114 Å². The number of furan rings is 1. The van der Waals surface area contributed by atoms with Crippen molar-refractivity contribution in [3.8, 4) is 0 Å². The molecule has 0 atom stereocenters. The second-order valence-corrected chi connectivity index (χ2v) is 7.32. The molecule has 0 bridgehead atoms. The molecule has 0 spiro atoms. The van der Waals surface area contributed by atoms with Crippen LogP contribution in [0, 0.1) is 0 Å². The predicted molar refractivity (Wildman–Crippen MR) is 125 cm³/mol. The Morgan fingerprint density at radius 2 is 1.40 bits per heavy atom. The topological polar surface area (TPSA) is 37.5 Å². The normalized spacial score (nSPS) is 11.0. The molecule has 0 aliphatic heterocycles. The first-order valence-electron chi connectivity index (χ1n) is 9.78. The van der Waals surface area contributed by atoms with Gasteiger partial charge in [-0.2, -0.15) is 5.10 Å². The molecule has 0 fully saturated rings. The first kappa shape index (κ1) is 18.5. The van der Waals surface area contributed by atoms with Crippen LogP contribution in [-0.4, -0.2) is 5.71 Å². The van der Waals surface area contributed by atoms with Gasteiger partial charge in [-0.25, -0.2) is 0 Å². The standard InChI is InChI=1S/C26H19ClN2O/c27-17-18-15-22-21-13-7-8-14-24(21)30-26(22)23(16-18)28-29-25(19-9-3-1-4-10-19)20-11-5-2-6-12-20/h1-16,28H,17H2. The minimum atomic E-state index is 0.415. The second-order valence-electron chi connectivity index (χ2n) is 7.06. The molecule has 5 rings (SSSR count). The van der Waals surface area contributed by atoms with Gasteiger partial charge in [-0.15, -0.1) is 11.6 Å². The Balaban J connectivity index is 1.65. The van der Waals surface area contributed by atoms with E-state index in [9.17, 15) is 0 Å². The Bertz CT molecular complexity index is 1300. The van der Waals surface area contributed by atoms with E-state index in [0.717, 1.165) is 50.0 Å². The zero-order valence-electron chi connectivity index (χ0n) is 16.2. The Labute approximate surface area is 179 Å². The van der Waals surface area contributed by atoms with E-state index >= 15 is 0 Å². The fourth-order valence-electron chi connectivity index (χ4n) is 3.65. The molecule has 146 valence electrons. The molecule has 0 saturated heterocycles. The van der Waals surface area contributed by atoms with Crippen LogP contribution in [0.3, 0.4) is 0 Å². The summed E-state index contributed by atoms with van der Waals surface area (Å²) in [4.78, 5) is 0. The van der Waals surface area contributed by atoms with Gasteiger partial charge in [-0.1, -0.05) is 78.9 Å². The molecule has 1 N–H and O–H groups in total. The van der Waals surface area contributed by atoms with Gasteiger partial charge in [-0.05, 0) is 23.8 Å². The molecule has 0 radical (unpaired) electrons. The Morgan fingerprint density at radius 1 is 0.767 bits per heavy atom. The predicted octanol–water partition coefficient (Wildman–Crippen LogP) is 7.19. The Morgan fingerprint density at radius 3 is 2.07 bits per heavy atom. The number of hydrogen-bond acceptors (Lipinski definition) is 3. The second kappa shape index (κ2) is 8.05. The number of hydrogen-bond donors (Lipinski definition) is 1. The SMILES string of the molecule is ClCc1cc(NN=C(c2ccccc2)c2ccccc2)c2oc3ccccc3c2c1. The van der Waals surface area contributed by atoms with Crippen LogP contribution in [0.4, 0.5) is 5.69 Å². The summed E-state index contributed by atoms with van der Waals surface area (Å²) < 4.78 is 6.15. The lowest BCUT2D eigenvalue weighted by atomic mass is 10.0. The lowest BCUT2D eigenvalue weighted by molar-refractivity contribution is 0.669. The average Bonchev–Trinajstić information content (AvgIpc) is 3.19. The van der Waals surface area contributed by atoms with E-state index in [0.29, 0.717) is 5.88 Å². The van der Waals surface area contributed by atoms with Crippen LogP contribution >= 0.6 is 11.6 Å². The molecular formula is C26H19ClN2O. The molecule has 0 amide bonds. The molecule has 0 aliphatic carbocycles. The third kappa shape index (κ3) is 3.44. The van der Waals surface area contributed by atoms with Crippen LogP contribution in [0.1, 0.15) is 16.7 Å². The summed E-state index contributed by atoms with van der Waals surface area (Å²) in [7, 11) is 0. The zero-order valence-corrected chi connectivity index (χ0v) is 16.9. The fourth-order valence-corrected chi connectivity index (χ4v) is 3.81. The molecule has 3 nitrogen and oxygen atoms in total. The molecule has 0 aliphatic rings. The molecule has 0 saturated carbocycles.